The van der Waals surface area contributed by atoms with Crippen LogP contribution in [0.15, 0.2) is 0 Å². The molecule has 0 aromatic carbocycles. The van der Waals surface area contributed by atoms with Crippen LogP contribution in [0, 0.1) is 0 Å². The first-order valence-corrected chi connectivity index (χ1v) is 5.62. The molecule has 1 fully saturated rings. The molecule has 1 atom stereocenters. The molecule has 0 heterocycles. The van der Waals surface area contributed by atoms with E-state index >= 15 is 0 Å². The second-order valence-corrected chi connectivity index (χ2v) is 4.13. The molecular weight excluding hydrogens is 210 g/mol. The minimum Gasteiger partial charge on any atom is -0.480 e. The monoisotopic (exact) mass is 229 g/mol. The first kappa shape index (κ1) is 12.8. The molecule has 0 aromatic heterocycles. The number of hydrogen-bond acceptors (Lipinski definition) is 3. The first-order valence-electron chi connectivity index (χ1n) is 5.62. The van der Waals surface area contributed by atoms with Crippen LogP contribution in [0.25, 0.3) is 0 Å². The molecule has 0 aliphatic heterocycles. The van der Waals surface area contributed by atoms with Gasteiger partial charge in [0.05, 0.1) is 0 Å². The Balaban J connectivity index is 2.17. The third-order valence-corrected chi connectivity index (χ3v) is 2.74. The average Bonchev–Trinajstić information content (AvgIpc) is 2.27. The van der Waals surface area contributed by atoms with E-state index in [2.05, 4.69) is 10.6 Å². The topological polar surface area (TPSA) is 104 Å². The summed E-state index contributed by atoms with van der Waals surface area (Å²) >= 11 is 0. The van der Waals surface area contributed by atoms with E-state index in [-0.39, 0.29) is 18.6 Å². The Morgan fingerprint density at radius 1 is 1.31 bits per heavy atom. The molecule has 0 unspecified atom stereocenters. The van der Waals surface area contributed by atoms with Gasteiger partial charge in [-0.15, -0.1) is 0 Å². The van der Waals surface area contributed by atoms with Crippen LogP contribution in [0.4, 0.5) is 4.79 Å². The molecule has 0 spiro atoms. The number of aliphatic carboxylic acids is 1. The molecule has 0 bridgehead atoms. The zero-order valence-corrected chi connectivity index (χ0v) is 9.24. The minimum absolute atomic E-state index is 0.0477. The highest BCUT2D eigenvalue weighted by Crippen LogP contribution is 2.16. The summed E-state index contributed by atoms with van der Waals surface area (Å²) in [7, 11) is 0. The largest absolute Gasteiger partial charge is 0.480 e. The molecule has 1 rings (SSSR count). The first-order chi connectivity index (χ1) is 7.59. The maximum absolute atomic E-state index is 11.4. The standard InChI is InChI=1S/C10H19N3O3/c11-8(9(14)15)6-12-10(16)13-7-4-2-1-3-5-7/h7-8H,1-6,11H2,(H,14,15)(H2,12,13,16)/t8-/m0/s1. The van der Waals surface area contributed by atoms with Crippen molar-refractivity contribution in [1.29, 1.82) is 0 Å². The molecule has 1 aliphatic carbocycles. The number of nitrogens with two attached hydrogens (primary N) is 1. The predicted octanol–water partition coefficient (Wildman–Crippen LogP) is 0.0302. The van der Waals surface area contributed by atoms with E-state index in [9.17, 15) is 9.59 Å². The van der Waals surface area contributed by atoms with Crippen molar-refractivity contribution < 1.29 is 14.7 Å². The average molecular weight is 229 g/mol. The van der Waals surface area contributed by atoms with Crippen molar-refractivity contribution in [2.75, 3.05) is 6.54 Å². The minimum atomic E-state index is -1.11. The van der Waals surface area contributed by atoms with Crippen LogP contribution < -0.4 is 16.4 Å². The van der Waals surface area contributed by atoms with Crippen molar-refractivity contribution in [2.45, 2.75) is 44.2 Å². The lowest BCUT2D eigenvalue weighted by molar-refractivity contribution is -0.138. The van der Waals surface area contributed by atoms with E-state index in [1.165, 1.54) is 6.42 Å². The molecule has 0 radical (unpaired) electrons. The Morgan fingerprint density at radius 3 is 2.50 bits per heavy atom. The van der Waals surface area contributed by atoms with Crippen molar-refractivity contribution in [3.63, 3.8) is 0 Å². The van der Waals surface area contributed by atoms with Gasteiger partial charge in [0.2, 0.25) is 0 Å². The molecule has 2 amide bonds. The molecular formula is C10H19N3O3. The fourth-order valence-corrected chi connectivity index (χ4v) is 1.77. The number of rotatable bonds is 4. The summed E-state index contributed by atoms with van der Waals surface area (Å²) in [6.07, 6.45) is 5.50. The van der Waals surface area contributed by atoms with Crippen molar-refractivity contribution in [1.82, 2.24) is 10.6 Å². The lowest BCUT2D eigenvalue weighted by Gasteiger charge is -2.23. The highest BCUT2D eigenvalue weighted by atomic mass is 16.4. The summed E-state index contributed by atoms with van der Waals surface area (Å²) in [6, 6.07) is -1.16. The molecule has 5 N–H and O–H groups in total. The third kappa shape index (κ3) is 4.48. The second kappa shape index (κ2) is 6.32. The zero-order chi connectivity index (χ0) is 12.0. The van der Waals surface area contributed by atoms with Crippen LogP contribution in [0.1, 0.15) is 32.1 Å². The van der Waals surface area contributed by atoms with Crippen LogP contribution in [-0.2, 0) is 4.79 Å². The maximum Gasteiger partial charge on any atom is 0.322 e. The summed E-state index contributed by atoms with van der Waals surface area (Å²) in [5, 5.41) is 13.8. The summed E-state index contributed by atoms with van der Waals surface area (Å²) in [5.41, 5.74) is 5.26. The van der Waals surface area contributed by atoms with Crippen LogP contribution in [0.5, 0.6) is 0 Å². The number of carboxylic acids is 1. The number of carboxylic acid groups (broad SMARTS) is 1. The molecule has 6 heteroatoms. The smallest absolute Gasteiger partial charge is 0.322 e. The molecule has 1 aliphatic rings. The fraction of sp³-hybridized carbons (Fsp3) is 0.800. The molecule has 0 aromatic rings. The van der Waals surface area contributed by atoms with E-state index < -0.39 is 12.0 Å². The number of carbonyl (C=O) groups is 2. The highest BCUT2D eigenvalue weighted by molar-refractivity contribution is 5.77. The Kier molecular flexibility index (Phi) is 5.04. The summed E-state index contributed by atoms with van der Waals surface area (Å²) < 4.78 is 0. The van der Waals surface area contributed by atoms with Crippen LogP contribution in [-0.4, -0.2) is 35.7 Å². The van der Waals surface area contributed by atoms with Crippen LogP contribution in [0.2, 0.25) is 0 Å². The zero-order valence-electron chi connectivity index (χ0n) is 9.24. The summed E-state index contributed by atoms with van der Waals surface area (Å²) in [5.74, 6) is -1.11. The maximum atomic E-state index is 11.4. The van der Waals surface area contributed by atoms with E-state index in [0.717, 1.165) is 25.7 Å². The molecule has 0 saturated heterocycles. The van der Waals surface area contributed by atoms with Gasteiger partial charge in [0.25, 0.3) is 0 Å². The van der Waals surface area contributed by atoms with Gasteiger partial charge < -0.3 is 21.5 Å². The van der Waals surface area contributed by atoms with E-state index in [1.54, 1.807) is 0 Å². The number of urea groups is 1. The van der Waals surface area contributed by atoms with E-state index in [4.69, 9.17) is 10.8 Å². The number of hydrogen-bond donors (Lipinski definition) is 4. The molecule has 92 valence electrons. The SMILES string of the molecule is N[C@@H](CNC(=O)NC1CCCCC1)C(=O)O. The van der Waals surface area contributed by atoms with Crippen molar-refractivity contribution in [2.24, 2.45) is 5.73 Å². The number of amides is 2. The quantitative estimate of drug-likeness (QED) is 0.546. The van der Waals surface area contributed by atoms with Gasteiger partial charge in [0.1, 0.15) is 6.04 Å². The van der Waals surface area contributed by atoms with Gasteiger partial charge in [-0.3, -0.25) is 4.79 Å². The van der Waals surface area contributed by atoms with Crippen LogP contribution >= 0.6 is 0 Å². The Hall–Kier alpha value is -1.30. The van der Waals surface area contributed by atoms with E-state index in [0.29, 0.717) is 0 Å². The predicted molar refractivity (Wildman–Crippen MR) is 59.0 cm³/mol. The number of nitrogens with one attached hydrogen (secondary N) is 2. The van der Waals surface area contributed by atoms with Gasteiger partial charge in [-0.2, -0.15) is 0 Å². The second-order valence-electron chi connectivity index (χ2n) is 4.13. The van der Waals surface area contributed by atoms with Crippen LogP contribution in [0.3, 0.4) is 0 Å². The van der Waals surface area contributed by atoms with Gasteiger partial charge in [0, 0.05) is 12.6 Å². The summed E-state index contributed by atoms with van der Waals surface area (Å²) in [4.78, 5) is 21.8. The van der Waals surface area contributed by atoms with Crippen molar-refractivity contribution in [3.05, 3.63) is 0 Å². The number of carbonyl (C=O) groups excluding carboxylic acids is 1. The Bertz CT molecular complexity index is 252. The lowest BCUT2D eigenvalue weighted by Crippen LogP contribution is -2.48. The van der Waals surface area contributed by atoms with Gasteiger partial charge in [-0.25, -0.2) is 4.79 Å². The van der Waals surface area contributed by atoms with Gasteiger partial charge in [0.15, 0.2) is 0 Å². The normalized spacial score (nSPS) is 18.8. The van der Waals surface area contributed by atoms with Crippen molar-refractivity contribution in [3.8, 4) is 0 Å². The lowest BCUT2D eigenvalue weighted by atomic mass is 9.96. The molecule has 1 saturated carbocycles. The van der Waals surface area contributed by atoms with E-state index in [1.807, 2.05) is 0 Å². The Morgan fingerprint density at radius 2 is 1.94 bits per heavy atom. The van der Waals surface area contributed by atoms with Gasteiger partial charge in [-0.1, -0.05) is 19.3 Å². The molecule has 16 heavy (non-hydrogen) atoms. The highest BCUT2D eigenvalue weighted by Gasteiger charge is 2.17. The Labute approximate surface area is 94.6 Å². The third-order valence-electron chi connectivity index (χ3n) is 2.74. The van der Waals surface area contributed by atoms with Gasteiger partial charge in [-0.05, 0) is 12.8 Å². The van der Waals surface area contributed by atoms with Crippen molar-refractivity contribution >= 4 is 12.0 Å². The summed E-state index contributed by atoms with van der Waals surface area (Å²) in [6.45, 7) is -0.0477. The van der Waals surface area contributed by atoms with Gasteiger partial charge >= 0.3 is 12.0 Å². The fourth-order valence-electron chi connectivity index (χ4n) is 1.77. The molecule has 6 nitrogen and oxygen atoms in total.